The molecule has 0 radical (unpaired) electrons. The van der Waals surface area contributed by atoms with Crippen molar-refractivity contribution in [1.29, 1.82) is 0 Å². The van der Waals surface area contributed by atoms with E-state index in [4.69, 9.17) is 11.6 Å². The molecule has 0 aliphatic heterocycles. The van der Waals surface area contributed by atoms with Crippen LogP contribution < -0.4 is 5.69 Å². The molecule has 1 aromatic carbocycles. The van der Waals surface area contributed by atoms with Crippen molar-refractivity contribution in [2.75, 3.05) is 0 Å². The standard InChI is InChI=1S/C10H9ClN2O2/c1-5(14)6-3-7(11)9-8(4-6)12-10(15)13(9)2/h3-4H,1-2H3,(H,12,15). The second kappa shape index (κ2) is 3.24. The first-order chi connectivity index (χ1) is 7.00. The number of carbonyl (C=O) groups is 1. The summed E-state index contributed by atoms with van der Waals surface area (Å²) < 4.78 is 1.42. The van der Waals surface area contributed by atoms with E-state index < -0.39 is 0 Å². The number of nitrogens with zero attached hydrogens (tertiary/aromatic N) is 1. The number of aromatic amines is 1. The minimum absolute atomic E-state index is 0.0801. The van der Waals surface area contributed by atoms with E-state index in [2.05, 4.69) is 4.98 Å². The molecule has 0 saturated heterocycles. The van der Waals surface area contributed by atoms with Crippen LogP contribution in [0, 0.1) is 0 Å². The molecule has 0 amide bonds. The van der Waals surface area contributed by atoms with Gasteiger partial charge in [0, 0.05) is 12.6 Å². The fourth-order valence-corrected chi connectivity index (χ4v) is 1.89. The number of rotatable bonds is 1. The SMILES string of the molecule is CC(=O)c1cc(Cl)c2c(c1)[nH]c(=O)n2C. The van der Waals surface area contributed by atoms with Crippen LogP contribution in [-0.4, -0.2) is 15.3 Å². The van der Waals surface area contributed by atoms with Crippen molar-refractivity contribution in [2.45, 2.75) is 6.92 Å². The van der Waals surface area contributed by atoms with Gasteiger partial charge < -0.3 is 4.98 Å². The number of halogens is 1. The summed E-state index contributed by atoms with van der Waals surface area (Å²) in [5, 5.41) is 0.401. The van der Waals surface area contributed by atoms with Gasteiger partial charge in [-0.25, -0.2) is 4.79 Å². The Morgan fingerprint density at radius 1 is 1.47 bits per heavy atom. The zero-order valence-electron chi connectivity index (χ0n) is 8.30. The number of H-pyrrole nitrogens is 1. The summed E-state index contributed by atoms with van der Waals surface area (Å²) in [5.74, 6) is -0.0801. The van der Waals surface area contributed by atoms with Crippen molar-refractivity contribution in [1.82, 2.24) is 9.55 Å². The minimum atomic E-state index is -0.243. The lowest BCUT2D eigenvalue weighted by Gasteiger charge is -2.00. The van der Waals surface area contributed by atoms with Gasteiger partial charge >= 0.3 is 5.69 Å². The molecule has 1 heterocycles. The lowest BCUT2D eigenvalue weighted by atomic mass is 10.1. The lowest BCUT2D eigenvalue weighted by molar-refractivity contribution is 0.101. The van der Waals surface area contributed by atoms with Gasteiger partial charge in [-0.2, -0.15) is 0 Å². The van der Waals surface area contributed by atoms with Crippen molar-refractivity contribution < 1.29 is 4.79 Å². The van der Waals surface area contributed by atoms with Crippen LogP contribution in [0.3, 0.4) is 0 Å². The highest BCUT2D eigenvalue weighted by atomic mass is 35.5. The second-order valence-electron chi connectivity index (χ2n) is 3.40. The lowest BCUT2D eigenvalue weighted by Crippen LogP contribution is -2.11. The predicted octanol–water partition coefficient (Wildman–Crippen LogP) is 1.72. The molecular weight excluding hydrogens is 216 g/mol. The predicted molar refractivity (Wildman–Crippen MR) is 58.6 cm³/mol. The summed E-state index contributed by atoms with van der Waals surface area (Å²) in [5.41, 5.74) is 1.45. The molecule has 0 unspecified atom stereocenters. The van der Waals surface area contributed by atoms with Gasteiger partial charge in [0.15, 0.2) is 5.78 Å². The Bertz CT molecular complexity index is 610. The second-order valence-corrected chi connectivity index (χ2v) is 3.81. The molecule has 1 aromatic heterocycles. The molecule has 2 rings (SSSR count). The van der Waals surface area contributed by atoms with Crippen molar-refractivity contribution in [3.63, 3.8) is 0 Å². The largest absolute Gasteiger partial charge is 0.326 e. The Labute approximate surface area is 90.5 Å². The van der Waals surface area contributed by atoms with Crippen molar-refractivity contribution in [2.24, 2.45) is 7.05 Å². The molecule has 0 bridgehead atoms. The number of hydrogen-bond donors (Lipinski definition) is 1. The Morgan fingerprint density at radius 3 is 2.73 bits per heavy atom. The first kappa shape index (κ1) is 9.98. The van der Waals surface area contributed by atoms with Crippen LogP contribution in [0.1, 0.15) is 17.3 Å². The van der Waals surface area contributed by atoms with Gasteiger partial charge in [-0.3, -0.25) is 9.36 Å². The maximum absolute atomic E-state index is 11.3. The Balaban J connectivity index is 2.90. The van der Waals surface area contributed by atoms with E-state index in [9.17, 15) is 9.59 Å². The first-order valence-electron chi connectivity index (χ1n) is 4.40. The maximum Gasteiger partial charge on any atom is 0.326 e. The zero-order chi connectivity index (χ0) is 11.2. The van der Waals surface area contributed by atoms with Crippen LogP contribution in [0.4, 0.5) is 0 Å². The quantitative estimate of drug-likeness (QED) is 0.750. The zero-order valence-corrected chi connectivity index (χ0v) is 9.05. The van der Waals surface area contributed by atoms with E-state index in [0.29, 0.717) is 21.6 Å². The van der Waals surface area contributed by atoms with Gasteiger partial charge in [0.2, 0.25) is 0 Å². The third-order valence-electron chi connectivity index (χ3n) is 2.35. The summed E-state index contributed by atoms with van der Waals surface area (Å²) in [6, 6.07) is 3.20. The summed E-state index contributed by atoms with van der Waals surface area (Å²) in [6.07, 6.45) is 0. The number of nitrogens with one attached hydrogen (secondary N) is 1. The first-order valence-corrected chi connectivity index (χ1v) is 4.77. The molecule has 0 aliphatic carbocycles. The van der Waals surface area contributed by atoms with E-state index in [-0.39, 0.29) is 11.5 Å². The van der Waals surface area contributed by atoms with E-state index in [1.165, 1.54) is 11.5 Å². The van der Waals surface area contributed by atoms with Gasteiger partial charge in [-0.05, 0) is 19.1 Å². The van der Waals surface area contributed by atoms with Gasteiger partial charge in [0.05, 0.1) is 16.1 Å². The van der Waals surface area contributed by atoms with Crippen LogP contribution in [0.2, 0.25) is 5.02 Å². The molecule has 15 heavy (non-hydrogen) atoms. The average Bonchev–Trinajstić information content (AvgIpc) is 2.42. The number of hydrogen-bond acceptors (Lipinski definition) is 2. The van der Waals surface area contributed by atoms with Crippen molar-refractivity contribution in [3.05, 3.63) is 33.2 Å². The van der Waals surface area contributed by atoms with Crippen LogP contribution in [-0.2, 0) is 7.05 Å². The van der Waals surface area contributed by atoms with Gasteiger partial charge in [-0.15, -0.1) is 0 Å². The van der Waals surface area contributed by atoms with Crippen molar-refractivity contribution in [3.8, 4) is 0 Å². The van der Waals surface area contributed by atoms with Gasteiger partial charge in [-0.1, -0.05) is 11.6 Å². The Kier molecular flexibility index (Phi) is 2.16. The van der Waals surface area contributed by atoms with Crippen molar-refractivity contribution >= 4 is 28.4 Å². The highest BCUT2D eigenvalue weighted by Gasteiger charge is 2.10. The highest BCUT2D eigenvalue weighted by molar-refractivity contribution is 6.35. The van der Waals surface area contributed by atoms with E-state index in [1.54, 1.807) is 19.2 Å². The van der Waals surface area contributed by atoms with E-state index in [1.807, 2.05) is 0 Å². The molecule has 1 N–H and O–H groups in total. The number of aryl methyl sites for hydroxylation is 1. The number of benzene rings is 1. The van der Waals surface area contributed by atoms with Crippen LogP contribution >= 0.6 is 11.6 Å². The third-order valence-corrected chi connectivity index (χ3v) is 2.64. The molecule has 0 aliphatic rings. The fraction of sp³-hybridized carbons (Fsp3) is 0.200. The summed E-state index contributed by atoms with van der Waals surface area (Å²) in [7, 11) is 1.63. The van der Waals surface area contributed by atoms with E-state index in [0.717, 1.165) is 0 Å². The molecule has 0 fully saturated rings. The monoisotopic (exact) mass is 224 g/mol. The molecule has 0 spiro atoms. The molecule has 78 valence electrons. The third kappa shape index (κ3) is 1.47. The van der Waals surface area contributed by atoms with Crippen LogP contribution in [0.15, 0.2) is 16.9 Å². The van der Waals surface area contributed by atoms with Gasteiger partial charge in [0.1, 0.15) is 0 Å². The molecule has 5 heteroatoms. The Morgan fingerprint density at radius 2 is 2.13 bits per heavy atom. The number of imidazole rings is 1. The van der Waals surface area contributed by atoms with Crippen LogP contribution in [0.25, 0.3) is 11.0 Å². The smallest absolute Gasteiger partial charge is 0.305 e. The molecule has 0 saturated carbocycles. The van der Waals surface area contributed by atoms with Crippen LogP contribution in [0.5, 0.6) is 0 Å². The molecular formula is C10H9ClN2O2. The van der Waals surface area contributed by atoms with E-state index >= 15 is 0 Å². The number of ketones is 1. The number of aromatic nitrogens is 2. The molecule has 0 atom stereocenters. The Hall–Kier alpha value is -1.55. The number of Topliss-reactive ketones (excluding diaryl/α,β-unsaturated/α-hetero) is 1. The molecule has 4 nitrogen and oxygen atoms in total. The normalized spacial score (nSPS) is 10.9. The number of fused-ring (bicyclic) bond motifs is 1. The summed E-state index contributed by atoms with van der Waals surface area (Å²) >= 11 is 5.99. The van der Waals surface area contributed by atoms with Gasteiger partial charge in [0.25, 0.3) is 0 Å². The molecule has 2 aromatic rings. The summed E-state index contributed by atoms with van der Waals surface area (Å²) in [4.78, 5) is 25.1. The topological polar surface area (TPSA) is 54.9 Å². The highest BCUT2D eigenvalue weighted by Crippen LogP contribution is 2.23. The fourth-order valence-electron chi connectivity index (χ4n) is 1.54. The minimum Gasteiger partial charge on any atom is -0.305 e. The maximum atomic E-state index is 11.3. The number of carbonyl (C=O) groups excluding carboxylic acids is 1. The average molecular weight is 225 g/mol. The summed E-state index contributed by atoms with van der Waals surface area (Å²) in [6.45, 7) is 1.46.